The van der Waals surface area contributed by atoms with Gasteiger partial charge in [0.05, 0.1) is 6.04 Å². The fourth-order valence-corrected chi connectivity index (χ4v) is 2.30. The maximum Gasteiger partial charge on any atom is 0.222 e. The van der Waals surface area contributed by atoms with Crippen molar-refractivity contribution in [2.24, 2.45) is 0 Å². The van der Waals surface area contributed by atoms with Gasteiger partial charge in [0.1, 0.15) is 0 Å². The Morgan fingerprint density at radius 1 is 1.40 bits per heavy atom. The molecule has 0 bridgehead atoms. The van der Waals surface area contributed by atoms with Crippen LogP contribution < -0.4 is 0 Å². The zero-order chi connectivity index (χ0) is 12.0. The Labute approximate surface area is 121 Å². The van der Waals surface area contributed by atoms with Gasteiger partial charge in [-0.15, -0.1) is 0 Å². The number of nitrogens with zero attached hydrogens (tertiary/aromatic N) is 1. The minimum absolute atomic E-state index is 0.000218. The van der Waals surface area contributed by atoms with Gasteiger partial charge in [0, 0.05) is 41.3 Å². The lowest BCUT2D eigenvalue weighted by molar-refractivity contribution is -0.134. The van der Waals surface area contributed by atoms with Gasteiger partial charge in [0.15, 0.2) is 0 Å². The molecule has 1 amide bonds. The Bertz CT molecular complexity index is 238. The summed E-state index contributed by atoms with van der Waals surface area (Å²) in [7, 11) is 3.41. The van der Waals surface area contributed by atoms with Gasteiger partial charge in [-0.2, -0.15) is 0 Å². The van der Waals surface area contributed by atoms with Crippen molar-refractivity contribution >= 4 is 62.4 Å². The molecule has 0 heterocycles. The molecular formula is C9H15I2NO2S. The molecule has 15 heavy (non-hydrogen) atoms. The quantitative estimate of drug-likeness (QED) is 0.457. The highest BCUT2D eigenvalue weighted by atomic mass is 127. The highest BCUT2D eigenvalue weighted by Gasteiger charge is 2.20. The molecule has 0 aliphatic carbocycles. The third-order valence-corrected chi connectivity index (χ3v) is 6.27. The molecule has 0 aliphatic heterocycles. The Morgan fingerprint density at radius 3 is 2.33 bits per heavy atom. The van der Waals surface area contributed by atoms with Crippen LogP contribution >= 0.6 is 52.7 Å². The summed E-state index contributed by atoms with van der Waals surface area (Å²) in [5.41, 5.74) is 0. The number of hydrogen-bond acceptors (Lipinski definition) is 3. The molecule has 0 aromatic carbocycles. The van der Waals surface area contributed by atoms with Crippen LogP contribution in [0.3, 0.4) is 0 Å². The van der Waals surface area contributed by atoms with E-state index in [0.29, 0.717) is 11.7 Å². The van der Waals surface area contributed by atoms with Gasteiger partial charge >= 0.3 is 0 Å². The zero-order valence-electron chi connectivity index (χ0n) is 9.00. The zero-order valence-corrected chi connectivity index (χ0v) is 14.1. The van der Waals surface area contributed by atoms with Crippen LogP contribution in [0.4, 0.5) is 0 Å². The van der Waals surface area contributed by atoms with Crippen molar-refractivity contribution in [3.05, 3.63) is 0 Å². The largest absolute Gasteiger partial charge is 0.335 e. The van der Waals surface area contributed by atoms with Crippen molar-refractivity contribution in [3.63, 3.8) is 0 Å². The summed E-state index contributed by atoms with van der Waals surface area (Å²) in [5, 5.41) is 0.480. The number of hydrogen-bond donors (Lipinski definition) is 0. The first kappa shape index (κ1) is 16.0. The van der Waals surface area contributed by atoms with Gasteiger partial charge in [-0.25, -0.2) is 0 Å². The van der Waals surface area contributed by atoms with Gasteiger partial charge in [0.2, 0.25) is 9.70 Å². The molecule has 0 saturated heterocycles. The molecule has 0 fully saturated rings. The van der Waals surface area contributed by atoms with Gasteiger partial charge < -0.3 is 4.90 Å². The van der Waals surface area contributed by atoms with E-state index in [1.807, 2.05) is 0 Å². The Hall–Kier alpha value is 0.950. The number of amides is 1. The predicted octanol–water partition coefficient (Wildman–Crippen LogP) is 3.05. The summed E-state index contributed by atoms with van der Waals surface area (Å²) in [5.74, 6) is 0.0461. The molecule has 0 spiro atoms. The maximum absolute atomic E-state index is 11.7. The van der Waals surface area contributed by atoms with E-state index in [2.05, 4.69) is 28.1 Å². The molecule has 0 rings (SSSR count). The average Bonchev–Trinajstić information content (AvgIpc) is 2.22. The second kappa shape index (κ2) is 8.10. The number of rotatable bonds is 6. The third kappa shape index (κ3) is 6.30. The molecule has 0 saturated carbocycles. The van der Waals surface area contributed by atoms with Crippen LogP contribution in [0.1, 0.15) is 26.7 Å². The highest BCUT2D eigenvalue weighted by Crippen LogP contribution is 2.23. The molecule has 0 N–H and O–H groups in total. The van der Waals surface area contributed by atoms with E-state index >= 15 is 0 Å². The van der Waals surface area contributed by atoms with E-state index in [-0.39, 0.29) is 15.7 Å². The Kier molecular flexibility index (Phi) is 8.61. The maximum atomic E-state index is 11.7. The Balaban J connectivity index is 4.05. The van der Waals surface area contributed by atoms with Gasteiger partial charge in [-0.1, -0.05) is 15.9 Å². The first-order valence-electron chi connectivity index (χ1n) is 4.62. The fourth-order valence-electron chi connectivity index (χ4n) is 0.916. The van der Waals surface area contributed by atoms with Gasteiger partial charge in [-0.05, 0) is 34.6 Å². The van der Waals surface area contributed by atoms with Crippen LogP contribution in [0.25, 0.3) is 0 Å². The van der Waals surface area contributed by atoms with Crippen molar-refractivity contribution in [3.8, 4) is 0 Å². The van der Waals surface area contributed by atoms with E-state index in [9.17, 15) is 9.59 Å². The first-order chi connectivity index (χ1) is 6.90. The summed E-state index contributed by atoms with van der Waals surface area (Å²) in [4.78, 5) is 24.3. The average molecular weight is 455 g/mol. The van der Waals surface area contributed by atoms with Gasteiger partial charge in [-0.3, -0.25) is 9.59 Å². The first-order valence-corrected chi connectivity index (χ1v) is 9.12. The summed E-state index contributed by atoms with van der Waals surface area (Å²) in [6.07, 6.45) is 1.38. The van der Waals surface area contributed by atoms with E-state index in [0.717, 1.165) is 6.42 Å². The van der Waals surface area contributed by atoms with Crippen LogP contribution in [0.5, 0.6) is 0 Å². The molecule has 0 aromatic heterocycles. The normalized spacial score (nSPS) is 14.5. The minimum atomic E-state index is -0.319. The molecule has 3 nitrogen and oxygen atoms in total. The molecular weight excluding hydrogens is 440 g/mol. The van der Waals surface area contributed by atoms with Crippen LogP contribution in [-0.4, -0.2) is 32.9 Å². The van der Waals surface area contributed by atoms with E-state index in [1.165, 1.54) is 4.90 Å². The highest BCUT2D eigenvalue weighted by molar-refractivity contribution is 14.2. The van der Waals surface area contributed by atoms with Gasteiger partial charge in [0.25, 0.3) is 0 Å². The molecule has 0 radical (unpaired) electrons. The lowest BCUT2D eigenvalue weighted by atomic mass is 10.2. The SMILES string of the molecule is CC(CCC(=O)N(C)C(C)C(=O)I)SI. The van der Waals surface area contributed by atoms with Crippen molar-refractivity contribution in [2.75, 3.05) is 7.05 Å². The lowest BCUT2D eigenvalue weighted by Gasteiger charge is -2.22. The summed E-state index contributed by atoms with van der Waals surface area (Å²) in [6.45, 7) is 3.85. The molecule has 0 aliphatic rings. The standard InChI is InChI=1S/C9H15I2NO2S/c1-6(15-11)4-5-8(13)12(3)7(2)9(10)14/h6-7H,4-5H2,1-3H3. The smallest absolute Gasteiger partial charge is 0.222 e. The monoisotopic (exact) mass is 455 g/mol. The van der Waals surface area contributed by atoms with E-state index in [4.69, 9.17) is 0 Å². The molecule has 2 atom stereocenters. The van der Waals surface area contributed by atoms with Crippen LogP contribution in [0, 0.1) is 0 Å². The summed E-state index contributed by atoms with van der Waals surface area (Å²) in [6, 6.07) is -0.319. The molecule has 0 aromatic rings. The van der Waals surface area contributed by atoms with E-state index < -0.39 is 0 Å². The lowest BCUT2D eigenvalue weighted by Crippen LogP contribution is -2.38. The second-order valence-electron chi connectivity index (χ2n) is 3.42. The van der Waals surface area contributed by atoms with Crippen LogP contribution in [0.15, 0.2) is 0 Å². The Morgan fingerprint density at radius 2 is 1.93 bits per heavy atom. The van der Waals surface area contributed by atoms with Crippen molar-refractivity contribution in [2.45, 2.75) is 38.0 Å². The topological polar surface area (TPSA) is 37.4 Å². The third-order valence-electron chi connectivity index (χ3n) is 2.22. The van der Waals surface area contributed by atoms with Crippen molar-refractivity contribution in [1.82, 2.24) is 4.90 Å². The fraction of sp³-hybridized carbons (Fsp3) is 0.778. The van der Waals surface area contributed by atoms with Crippen LogP contribution in [-0.2, 0) is 9.59 Å². The van der Waals surface area contributed by atoms with E-state index in [1.54, 1.807) is 45.5 Å². The van der Waals surface area contributed by atoms with Crippen molar-refractivity contribution in [1.29, 1.82) is 0 Å². The number of carbonyl (C=O) groups is 2. The number of carbonyl (C=O) groups excluding carboxylic acids is 2. The summed E-state index contributed by atoms with van der Waals surface area (Å²) < 4.78 is -0.000218. The molecule has 2 unspecified atom stereocenters. The minimum Gasteiger partial charge on any atom is -0.335 e. The molecule has 88 valence electrons. The predicted molar refractivity (Wildman–Crippen MR) is 81.6 cm³/mol. The van der Waals surface area contributed by atoms with Crippen LogP contribution in [0.2, 0.25) is 0 Å². The molecule has 6 heteroatoms. The number of halogens is 2. The van der Waals surface area contributed by atoms with Crippen molar-refractivity contribution < 1.29 is 9.59 Å². The number of likely N-dealkylation sites (N-methyl/N-ethyl adjacent to an activating group) is 1. The second-order valence-corrected chi connectivity index (χ2v) is 6.99. The summed E-state index contributed by atoms with van der Waals surface area (Å²) >= 11 is 3.97.